The lowest BCUT2D eigenvalue weighted by Crippen LogP contribution is -2.39. The standard InChI is InChI=1S/C18H21ClN2O2/c1-14(15-7-9-16(19)10-8-15)20-18(23)13-21(11-12-22)17-5-3-2-4-6-17/h2-10,14,22H,11-13H2,1H3,(H,20,23). The number of hydrogen-bond acceptors (Lipinski definition) is 3. The molecule has 122 valence electrons. The second-order valence-corrected chi connectivity index (χ2v) is 5.76. The molecule has 2 aromatic carbocycles. The summed E-state index contributed by atoms with van der Waals surface area (Å²) in [7, 11) is 0. The number of amides is 1. The van der Waals surface area contributed by atoms with E-state index in [0.717, 1.165) is 11.3 Å². The molecule has 5 heteroatoms. The van der Waals surface area contributed by atoms with Crippen LogP contribution in [-0.4, -0.2) is 30.7 Å². The molecular formula is C18H21ClN2O2. The molecule has 0 radical (unpaired) electrons. The summed E-state index contributed by atoms with van der Waals surface area (Å²) >= 11 is 5.88. The molecule has 0 aromatic heterocycles. The Morgan fingerprint density at radius 2 is 1.83 bits per heavy atom. The molecule has 0 aliphatic rings. The van der Waals surface area contributed by atoms with E-state index in [1.807, 2.05) is 66.4 Å². The number of nitrogens with zero attached hydrogens (tertiary/aromatic N) is 1. The van der Waals surface area contributed by atoms with E-state index in [-0.39, 0.29) is 25.1 Å². The van der Waals surface area contributed by atoms with E-state index in [9.17, 15) is 9.90 Å². The lowest BCUT2D eigenvalue weighted by atomic mass is 10.1. The Hall–Kier alpha value is -2.04. The molecule has 4 nitrogen and oxygen atoms in total. The molecule has 0 bridgehead atoms. The smallest absolute Gasteiger partial charge is 0.239 e. The van der Waals surface area contributed by atoms with Crippen LogP contribution in [-0.2, 0) is 4.79 Å². The average molecular weight is 333 g/mol. The van der Waals surface area contributed by atoms with Gasteiger partial charge in [-0.15, -0.1) is 0 Å². The first kappa shape index (κ1) is 17.3. The van der Waals surface area contributed by atoms with Gasteiger partial charge >= 0.3 is 0 Å². The molecule has 2 N–H and O–H groups in total. The van der Waals surface area contributed by atoms with Crippen LogP contribution in [0, 0.1) is 0 Å². The normalized spacial score (nSPS) is 11.8. The molecule has 0 aliphatic carbocycles. The highest BCUT2D eigenvalue weighted by Crippen LogP contribution is 2.16. The number of aliphatic hydroxyl groups is 1. The van der Waals surface area contributed by atoms with Gasteiger partial charge in [-0.05, 0) is 36.8 Å². The van der Waals surface area contributed by atoms with Crippen LogP contribution in [0.2, 0.25) is 5.02 Å². The summed E-state index contributed by atoms with van der Waals surface area (Å²) in [6.45, 7) is 2.53. The minimum Gasteiger partial charge on any atom is -0.395 e. The summed E-state index contributed by atoms with van der Waals surface area (Å²) in [5.74, 6) is -0.0928. The maximum atomic E-state index is 12.3. The third kappa shape index (κ3) is 5.27. The Bertz CT molecular complexity index is 617. The minimum absolute atomic E-state index is 0.00505. The summed E-state index contributed by atoms with van der Waals surface area (Å²) < 4.78 is 0. The first-order chi connectivity index (χ1) is 11.1. The van der Waals surface area contributed by atoms with Gasteiger partial charge in [0.2, 0.25) is 5.91 Å². The van der Waals surface area contributed by atoms with E-state index >= 15 is 0 Å². The Morgan fingerprint density at radius 1 is 1.17 bits per heavy atom. The van der Waals surface area contributed by atoms with Gasteiger partial charge < -0.3 is 15.3 Å². The van der Waals surface area contributed by atoms with Crippen molar-refractivity contribution in [3.05, 3.63) is 65.2 Å². The summed E-state index contributed by atoms with van der Waals surface area (Å²) in [6, 6.07) is 16.9. The van der Waals surface area contributed by atoms with Crippen molar-refractivity contribution in [3.63, 3.8) is 0 Å². The van der Waals surface area contributed by atoms with Gasteiger partial charge in [-0.25, -0.2) is 0 Å². The maximum absolute atomic E-state index is 12.3. The van der Waals surface area contributed by atoms with Crippen LogP contribution in [0.15, 0.2) is 54.6 Å². The number of benzene rings is 2. The lowest BCUT2D eigenvalue weighted by Gasteiger charge is -2.24. The van der Waals surface area contributed by atoms with Crippen molar-refractivity contribution in [2.75, 3.05) is 24.6 Å². The van der Waals surface area contributed by atoms with Crippen LogP contribution < -0.4 is 10.2 Å². The van der Waals surface area contributed by atoms with Crippen LogP contribution in [0.5, 0.6) is 0 Å². The molecular weight excluding hydrogens is 312 g/mol. The first-order valence-corrected chi connectivity index (χ1v) is 7.93. The van der Waals surface area contributed by atoms with E-state index in [1.54, 1.807) is 0 Å². The van der Waals surface area contributed by atoms with Gasteiger partial charge in [-0.3, -0.25) is 4.79 Å². The van der Waals surface area contributed by atoms with Crippen molar-refractivity contribution < 1.29 is 9.90 Å². The third-order valence-corrected chi connectivity index (χ3v) is 3.83. The van der Waals surface area contributed by atoms with Gasteiger partial charge in [0.05, 0.1) is 19.2 Å². The fourth-order valence-corrected chi connectivity index (χ4v) is 2.48. The zero-order valence-corrected chi connectivity index (χ0v) is 13.8. The number of aliphatic hydroxyl groups excluding tert-OH is 1. The molecule has 1 unspecified atom stereocenters. The SMILES string of the molecule is CC(NC(=O)CN(CCO)c1ccccc1)c1ccc(Cl)cc1. The number of anilines is 1. The van der Waals surface area contributed by atoms with Crippen LogP contribution in [0.3, 0.4) is 0 Å². The molecule has 0 saturated heterocycles. The number of carbonyl (C=O) groups is 1. The average Bonchev–Trinajstić information content (AvgIpc) is 2.55. The van der Waals surface area contributed by atoms with Crippen molar-refractivity contribution in [3.8, 4) is 0 Å². The third-order valence-electron chi connectivity index (χ3n) is 3.57. The number of carbonyl (C=O) groups excluding carboxylic acids is 1. The summed E-state index contributed by atoms with van der Waals surface area (Å²) in [4.78, 5) is 14.1. The Morgan fingerprint density at radius 3 is 2.43 bits per heavy atom. The quantitative estimate of drug-likeness (QED) is 0.819. The van der Waals surface area contributed by atoms with E-state index in [4.69, 9.17) is 11.6 Å². The highest BCUT2D eigenvalue weighted by Gasteiger charge is 2.14. The summed E-state index contributed by atoms with van der Waals surface area (Å²) in [5.41, 5.74) is 1.91. The van der Waals surface area contributed by atoms with Crippen molar-refractivity contribution in [1.29, 1.82) is 0 Å². The highest BCUT2D eigenvalue weighted by atomic mass is 35.5. The van der Waals surface area contributed by atoms with Crippen molar-refractivity contribution in [1.82, 2.24) is 5.32 Å². The summed E-state index contributed by atoms with van der Waals surface area (Å²) in [6.07, 6.45) is 0. The van der Waals surface area contributed by atoms with Crippen molar-refractivity contribution in [2.24, 2.45) is 0 Å². The van der Waals surface area contributed by atoms with Crippen LogP contribution >= 0.6 is 11.6 Å². The molecule has 0 saturated carbocycles. The van der Waals surface area contributed by atoms with E-state index in [0.29, 0.717) is 11.6 Å². The van der Waals surface area contributed by atoms with Gasteiger partial charge in [-0.1, -0.05) is 41.9 Å². The van der Waals surface area contributed by atoms with Gasteiger partial charge in [0, 0.05) is 17.3 Å². The molecule has 2 rings (SSSR count). The molecule has 1 atom stereocenters. The van der Waals surface area contributed by atoms with Crippen LogP contribution in [0.25, 0.3) is 0 Å². The second-order valence-electron chi connectivity index (χ2n) is 5.32. The van der Waals surface area contributed by atoms with Crippen LogP contribution in [0.4, 0.5) is 5.69 Å². The second kappa shape index (κ2) is 8.56. The van der Waals surface area contributed by atoms with E-state index < -0.39 is 0 Å². The van der Waals surface area contributed by atoms with Crippen molar-refractivity contribution >= 4 is 23.2 Å². The molecule has 23 heavy (non-hydrogen) atoms. The first-order valence-electron chi connectivity index (χ1n) is 7.56. The molecule has 1 amide bonds. The molecule has 2 aromatic rings. The van der Waals surface area contributed by atoms with E-state index in [2.05, 4.69) is 5.32 Å². The topological polar surface area (TPSA) is 52.6 Å². The molecule has 0 spiro atoms. The fraction of sp³-hybridized carbons (Fsp3) is 0.278. The largest absolute Gasteiger partial charge is 0.395 e. The molecule has 0 fully saturated rings. The van der Waals surface area contributed by atoms with Gasteiger partial charge in [0.1, 0.15) is 0 Å². The van der Waals surface area contributed by atoms with Crippen molar-refractivity contribution in [2.45, 2.75) is 13.0 Å². The fourth-order valence-electron chi connectivity index (χ4n) is 2.35. The summed E-state index contributed by atoms with van der Waals surface area (Å²) in [5, 5.41) is 12.9. The van der Waals surface area contributed by atoms with Gasteiger partial charge in [0.25, 0.3) is 0 Å². The van der Waals surface area contributed by atoms with Gasteiger partial charge in [0.15, 0.2) is 0 Å². The maximum Gasteiger partial charge on any atom is 0.239 e. The number of hydrogen-bond donors (Lipinski definition) is 2. The van der Waals surface area contributed by atoms with E-state index in [1.165, 1.54) is 0 Å². The van der Waals surface area contributed by atoms with Crippen LogP contribution in [0.1, 0.15) is 18.5 Å². The Labute approximate surface area is 141 Å². The number of para-hydroxylation sites is 1. The molecule has 0 aliphatic heterocycles. The number of rotatable bonds is 7. The zero-order valence-electron chi connectivity index (χ0n) is 13.1. The number of nitrogens with one attached hydrogen (secondary N) is 1. The Kier molecular flexibility index (Phi) is 6.44. The monoisotopic (exact) mass is 332 g/mol. The lowest BCUT2D eigenvalue weighted by molar-refractivity contribution is -0.120. The van der Waals surface area contributed by atoms with Gasteiger partial charge in [-0.2, -0.15) is 0 Å². The predicted molar refractivity (Wildman–Crippen MR) is 93.8 cm³/mol. The number of halogens is 1. The highest BCUT2D eigenvalue weighted by molar-refractivity contribution is 6.30. The predicted octanol–water partition coefficient (Wildman–Crippen LogP) is 3.02. The minimum atomic E-state index is -0.105. The molecule has 0 heterocycles. The zero-order chi connectivity index (χ0) is 16.7. The Balaban J connectivity index is 1.97.